The van der Waals surface area contributed by atoms with Crippen molar-refractivity contribution in [3.63, 3.8) is 0 Å². The lowest BCUT2D eigenvalue weighted by Gasteiger charge is -2.31. The summed E-state index contributed by atoms with van der Waals surface area (Å²) in [6.45, 7) is 4.90. The molecular weight excluding hydrogens is 414 g/mol. The van der Waals surface area contributed by atoms with Crippen LogP contribution in [0.15, 0.2) is 29.2 Å². The third kappa shape index (κ3) is 3.92. The van der Waals surface area contributed by atoms with Gasteiger partial charge in [0, 0.05) is 17.7 Å². The molecule has 1 saturated heterocycles. The Morgan fingerprint density at radius 2 is 1.93 bits per heavy atom. The van der Waals surface area contributed by atoms with Crippen molar-refractivity contribution in [1.82, 2.24) is 0 Å². The summed E-state index contributed by atoms with van der Waals surface area (Å²) in [5.41, 5.74) is 2.08. The summed E-state index contributed by atoms with van der Waals surface area (Å²) in [4.78, 5) is 13.7. The predicted octanol–water partition coefficient (Wildman–Crippen LogP) is 3.27. The first-order chi connectivity index (χ1) is 13.8. The highest BCUT2D eigenvalue weighted by atomic mass is 32.2. The molecule has 0 bridgehead atoms. The summed E-state index contributed by atoms with van der Waals surface area (Å²) >= 11 is 1.25. The van der Waals surface area contributed by atoms with Crippen molar-refractivity contribution >= 4 is 32.3 Å². The van der Waals surface area contributed by atoms with Crippen LogP contribution in [0.3, 0.4) is 0 Å². The Kier molecular flexibility index (Phi) is 5.41. The predicted molar refractivity (Wildman–Crippen MR) is 109 cm³/mol. The molecule has 1 aliphatic carbocycles. The molecular formula is C20H23NO6S2. The van der Waals surface area contributed by atoms with Crippen LogP contribution in [-0.2, 0) is 37.1 Å². The Balaban J connectivity index is 1.71. The van der Waals surface area contributed by atoms with Gasteiger partial charge in [-0.05, 0) is 38.0 Å². The SMILES string of the molecule is CCOC(=O)c1c(NS(=O)(=O)c2ccc(C)cc2)sc2c1CCC1(C2)OCCO1. The molecule has 2 heterocycles. The van der Waals surface area contributed by atoms with Crippen LogP contribution in [0.1, 0.15) is 39.7 Å². The van der Waals surface area contributed by atoms with Crippen LogP contribution in [0, 0.1) is 6.92 Å². The summed E-state index contributed by atoms with van der Waals surface area (Å²) in [5, 5.41) is 0.282. The van der Waals surface area contributed by atoms with Gasteiger partial charge >= 0.3 is 5.97 Å². The van der Waals surface area contributed by atoms with E-state index in [2.05, 4.69) is 4.72 Å². The maximum Gasteiger partial charge on any atom is 0.341 e. The van der Waals surface area contributed by atoms with E-state index in [1.807, 2.05) is 6.92 Å². The number of ether oxygens (including phenoxy) is 3. The van der Waals surface area contributed by atoms with E-state index in [1.54, 1.807) is 31.2 Å². The van der Waals surface area contributed by atoms with Crippen molar-refractivity contribution in [2.75, 3.05) is 24.5 Å². The van der Waals surface area contributed by atoms with Gasteiger partial charge in [0.2, 0.25) is 0 Å². The number of rotatable bonds is 5. The van der Waals surface area contributed by atoms with E-state index in [0.29, 0.717) is 38.0 Å². The molecule has 1 spiro atoms. The molecule has 0 radical (unpaired) electrons. The van der Waals surface area contributed by atoms with Gasteiger partial charge in [0.15, 0.2) is 5.79 Å². The average molecular weight is 438 g/mol. The molecule has 7 nitrogen and oxygen atoms in total. The van der Waals surface area contributed by atoms with E-state index in [0.717, 1.165) is 16.0 Å². The Bertz CT molecular complexity index is 1020. The van der Waals surface area contributed by atoms with Crippen molar-refractivity contribution in [3.8, 4) is 0 Å². The van der Waals surface area contributed by atoms with Gasteiger partial charge in [0.1, 0.15) is 5.00 Å². The van der Waals surface area contributed by atoms with Crippen molar-refractivity contribution in [1.29, 1.82) is 0 Å². The Morgan fingerprint density at radius 3 is 2.59 bits per heavy atom. The van der Waals surface area contributed by atoms with Gasteiger partial charge in [-0.3, -0.25) is 4.72 Å². The average Bonchev–Trinajstić information content (AvgIpc) is 3.26. The normalized spacial score (nSPS) is 17.9. The molecule has 1 aromatic carbocycles. The lowest BCUT2D eigenvalue weighted by molar-refractivity contribution is -0.163. The highest BCUT2D eigenvalue weighted by Gasteiger charge is 2.43. The number of fused-ring (bicyclic) bond motifs is 1. The summed E-state index contributed by atoms with van der Waals surface area (Å²) in [6, 6.07) is 6.56. The Labute approximate surface area is 174 Å². The van der Waals surface area contributed by atoms with Gasteiger partial charge in [0.05, 0.1) is 30.3 Å². The van der Waals surface area contributed by atoms with Gasteiger partial charge in [-0.25, -0.2) is 13.2 Å². The van der Waals surface area contributed by atoms with E-state index in [-0.39, 0.29) is 16.5 Å². The third-order valence-corrected chi connectivity index (χ3v) is 7.77. The molecule has 2 aliphatic rings. The lowest BCUT2D eigenvalue weighted by Crippen LogP contribution is -2.36. The zero-order valence-corrected chi connectivity index (χ0v) is 18.0. The summed E-state index contributed by atoms with van der Waals surface area (Å²) in [6.07, 6.45) is 1.67. The highest BCUT2D eigenvalue weighted by Crippen LogP contribution is 2.44. The number of anilines is 1. The molecule has 29 heavy (non-hydrogen) atoms. The number of aryl methyl sites for hydroxylation is 1. The summed E-state index contributed by atoms with van der Waals surface area (Å²) in [7, 11) is -3.84. The second-order valence-corrected chi connectivity index (χ2v) is 9.92. The fourth-order valence-electron chi connectivity index (χ4n) is 3.70. The summed E-state index contributed by atoms with van der Waals surface area (Å²) in [5.74, 6) is -1.19. The molecule has 9 heteroatoms. The van der Waals surface area contributed by atoms with Crippen LogP contribution in [0.4, 0.5) is 5.00 Å². The monoisotopic (exact) mass is 437 g/mol. The lowest BCUT2D eigenvalue weighted by atomic mass is 9.91. The molecule has 0 saturated carbocycles. The molecule has 1 aliphatic heterocycles. The minimum atomic E-state index is -3.84. The van der Waals surface area contributed by atoms with Crippen LogP contribution in [0.25, 0.3) is 0 Å². The first kappa shape index (κ1) is 20.3. The standard InChI is InChI=1S/C20H23NO6S2/c1-3-25-19(22)17-15-8-9-20(26-10-11-27-20)12-16(15)28-18(17)21-29(23,24)14-6-4-13(2)5-7-14/h4-7,21H,3,8-12H2,1-2H3. The number of esters is 1. The second kappa shape index (κ2) is 7.71. The Morgan fingerprint density at radius 1 is 1.24 bits per heavy atom. The molecule has 0 unspecified atom stereocenters. The number of benzene rings is 1. The minimum Gasteiger partial charge on any atom is -0.462 e. The van der Waals surface area contributed by atoms with Crippen LogP contribution in [0.2, 0.25) is 0 Å². The molecule has 0 amide bonds. The number of nitrogens with one attached hydrogen (secondary N) is 1. The number of sulfonamides is 1. The smallest absolute Gasteiger partial charge is 0.341 e. The molecule has 1 N–H and O–H groups in total. The first-order valence-corrected chi connectivity index (χ1v) is 11.8. The highest BCUT2D eigenvalue weighted by molar-refractivity contribution is 7.93. The van der Waals surface area contributed by atoms with E-state index in [9.17, 15) is 13.2 Å². The van der Waals surface area contributed by atoms with Crippen molar-refractivity contribution in [2.24, 2.45) is 0 Å². The number of hydrogen-bond acceptors (Lipinski definition) is 7. The van der Waals surface area contributed by atoms with Crippen molar-refractivity contribution < 1.29 is 27.4 Å². The zero-order chi connectivity index (χ0) is 20.6. The fourth-order valence-corrected chi connectivity index (χ4v) is 6.33. The maximum atomic E-state index is 12.9. The van der Waals surface area contributed by atoms with E-state index >= 15 is 0 Å². The molecule has 0 atom stereocenters. The van der Waals surface area contributed by atoms with Gasteiger partial charge in [0.25, 0.3) is 10.0 Å². The molecule has 1 aromatic heterocycles. The molecule has 156 valence electrons. The van der Waals surface area contributed by atoms with Crippen LogP contribution in [0.5, 0.6) is 0 Å². The van der Waals surface area contributed by atoms with E-state index in [4.69, 9.17) is 14.2 Å². The molecule has 1 fully saturated rings. The quantitative estimate of drug-likeness (QED) is 0.722. The zero-order valence-electron chi connectivity index (χ0n) is 16.3. The topological polar surface area (TPSA) is 90.9 Å². The van der Waals surface area contributed by atoms with Crippen LogP contribution >= 0.6 is 11.3 Å². The van der Waals surface area contributed by atoms with Crippen molar-refractivity contribution in [3.05, 3.63) is 45.8 Å². The van der Waals surface area contributed by atoms with Crippen LogP contribution < -0.4 is 4.72 Å². The maximum absolute atomic E-state index is 12.9. The van der Waals surface area contributed by atoms with Gasteiger partial charge in [-0.15, -0.1) is 11.3 Å². The number of carbonyl (C=O) groups excluding carboxylic acids is 1. The summed E-state index contributed by atoms with van der Waals surface area (Å²) < 4.78 is 45.2. The number of thiophene rings is 1. The van der Waals surface area contributed by atoms with Crippen molar-refractivity contribution in [2.45, 2.75) is 43.8 Å². The molecule has 2 aromatic rings. The van der Waals surface area contributed by atoms with E-state index < -0.39 is 21.8 Å². The third-order valence-electron chi connectivity index (χ3n) is 5.13. The number of hydrogen-bond donors (Lipinski definition) is 1. The van der Waals surface area contributed by atoms with Gasteiger partial charge < -0.3 is 14.2 Å². The number of carbonyl (C=O) groups is 1. The Hall–Kier alpha value is -1.94. The second-order valence-electron chi connectivity index (χ2n) is 7.13. The largest absolute Gasteiger partial charge is 0.462 e. The fraction of sp³-hybridized carbons (Fsp3) is 0.450. The van der Waals surface area contributed by atoms with Crippen LogP contribution in [-0.4, -0.2) is 40.0 Å². The van der Waals surface area contributed by atoms with Gasteiger partial charge in [-0.2, -0.15) is 0 Å². The molecule has 4 rings (SSSR count). The first-order valence-electron chi connectivity index (χ1n) is 9.53. The van der Waals surface area contributed by atoms with E-state index in [1.165, 1.54) is 11.3 Å². The van der Waals surface area contributed by atoms with Gasteiger partial charge in [-0.1, -0.05) is 17.7 Å². The minimum absolute atomic E-state index is 0.142.